The first kappa shape index (κ1) is 22.2. The molecule has 3 aliphatic rings. The van der Waals surface area contributed by atoms with E-state index in [1.807, 2.05) is 6.08 Å². The van der Waals surface area contributed by atoms with Gasteiger partial charge in [0.15, 0.2) is 0 Å². The average molecular weight is 407 g/mol. The molecule has 0 heterocycles. The molecule has 166 valence electrons. The first-order valence-electron chi connectivity index (χ1n) is 13.5. The summed E-state index contributed by atoms with van der Waals surface area (Å²) in [6.07, 6.45) is 23.8. The Morgan fingerprint density at radius 2 is 1.33 bits per heavy atom. The molecular weight excluding hydrogens is 360 g/mol. The minimum absolute atomic E-state index is 0.819. The van der Waals surface area contributed by atoms with E-state index in [4.69, 9.17) is 0 Å². The van der Waals surface area contributed by atoms with E-state index in [-0.39, 0.29) is 0 Å². The summed E-state index contributed by atoms with van der Waals surface area (Å²) in [7, 11) is 0. The first-order valence-corrected chi connectivity index (χ1v) is 13.5. The van der Waals surface area contributed by atoms with Crippen molar-refractivity contribution in [1.82, 2.24) is 0 Å². The fraction of sp³-hybridized carbons (Fsp3) is 0.733. The maximum atomic E-state index is 3.85. The van der Waals surface area contributed by atoms with Crippen LogP contribution in [0, 0.1) is 29.6 Å². The lowest BCUT2D eigenvalue weighted by atomic mass is 9.66. The minimum Gasteiger partial charge on any atom is -0.103 e. The van der Waals surface area contributed by atoms with Crippen LogP contribution in [0.3, 0.4) is 0 Å². The first-order chi connectivity index (χ1) is 14.8. The molecule has 3 fully saturated rings. The van der Waals surface area contributed by atoms with E-state index in [0.29, 0.717) is 0 Å². The minimum atomic E-state index is 0.819. The van der Waals surface area contributed by atoms with E-state index in [9.17, 15) is 0 Å². The zero-order valence-electron chi connectivity index (χ0n) is 19.7. The van der Waals surface area contributed by atoms with Gasteiger partial charge in [-0.15, -0.1) is 6.58 Å². The molecule has 1 aromatic carbocycles. The highest BCUT2D eigenvalue weighted by Gasteiger charge is 2.36. The molecule has 0 aliphatic heterocycles. The second kappa shape index (κ2) is 11.0. The highest BCUT2D eigenvalue weighted by atomic mass is 14.4. The van der Waals surface area contributed by atoms with Crippen molar-refractivity contribution in [3.63, 3.8) is 0 Å². The topological polar surface area (TPSA) is 0 Å². The SMILES string of the molecule is C=CCCc1ccc(C2CCC(C3CCC(C4CCC(CCC)C4)CC3)CC2)cc1. The van der Waals surface area contributed by atoms with Gasteiger partial charge in [0, 0.05) is 0 Å². The van der Waals surface area contributed by atoms with Gasteiger partial charge in [-0.05, 0) is 124 Å². The third-order valence-electron chi connectivity index (χ3n) is 9.29. The summed E-state index contributed by atoms with van der Waals surface area (Å²) in [4.78, 5) is 0. The number of hydrogen-bond donors (Lipinski definition) is 0. The Bertz CT molecular complexity index is 625. The van der Waals surface area contributed by atoms with Gasteiger partial charge in [0.25, 0.3) is 0 Å². The molecule has 0 amide bonds. The van der Waals surface area contributed by atoms with E-state index in [1.54, 1.807) is 44.1 Å². The van der Waals surface area contributed by atoms with Gasteiger partial charge in [0.2, 0.25) is 0 Å². The Kier molecular flexibility index (Phi) is 8.14. The molecule has 0 aromatic heterocycles. The largest absolute Gasteiger partial charge is 0.103 e. The summed E-state index contributed by atoms with van der Waals surface area (Å²) in [5.74, 6) is 6.15. The molecule has 0 saturated heterocycles. The number of hydrogen-bond acceptors (Lipinski definition) is 0. The molecule has 30 heavy (non-hydrogen) atoms. The van der Waals surface area contributed by atoms with Crippen LogP contribution in [0.5, 0.6) is 0 Å². The van der Waals surface area contributed by atoms with E-state index in [1.165, 1.54) is 50.5 Å². The lowest BCUT2D eigenvalue weighted by Crippen LogP contribution is -2.27. The van der Waals surface area contributed by atoms with Crippen LogP contribution in [0.1, 0.15) is 114 Å². The van der Waals surface area contributed by atoms with Gasteiger partial charge in [0.1, 0.15) is 0 Å². The summed E-state index contributed by atoms with van der Waals surface area (Å²) < 4.78 is 0. The van der Waals surface area contributed by atoms with Crippen LogP contribution in [0.15, 0.2) is 36.9 Å². The molecule has 0 bridgehead atoms. The molecule has 0 radical (unpaired) electrons. The molecule has 0 nitrogen and oxygen atoms in total. The number of allylic oxidation sites excluding steroid dienone is 1. The van der Waals surface area contributed by atoms with Crippen LogP contribution in [0.25, 0.3) is 0 Å². The van der Waals surface area contributed by atoms with Gasteiger partial charge < -0.3 is 0 Å². The highest BCUT2D eigenvalue weighted by Crippen LogP contribution is 2.48. The van der Waals surface area contributed by atoms with Crippen molar-refractivity contribution in [1.29, 1.82) is 0 Å². The summed E-state index contributed by atoms with van der Waals surface area (Å²) in [6.45, 7) is 6.21. The number of benzene rings is 1. The second-order valence-corrected chi connectivity index (χ2v) is 11.1. The molecule has 0 spiro atoms. The monoisotopic (exact) mass is 406 g/mol. The molecule has 2 atom stereocenters. The normalized spacial score (nSPS) is 34.7. The molecule has 0 heteroatoms. The second-order valence-electron chi connectivity index (χ2n) is 11.1. The third kappa shape index (κ3) is 5.60. The van der Waals surface area contributed by atoms with Gasteiger partial charge in [-0.2, -0.15) is 0 Å². The average Bonchev–Trinajstić information content (AvgIpc) is 3.27. The van der Waals surface area contributed by atoms with Gasteiger partial charge in [0.05, 0.1) is 0 Å². The zero-order chi connectivity index (χ0) is 20.8. The van der Waals surface area contributed by atoms with Gasteiger partial charge in [-0.25, -0.2) is 0 Å². The smallest absolute Gasteiger partial charge is 0.0162 e. The van der Waals surface area contributed by atoms with Gasteiger partial charge in [-0.1, -0.05) is 56.5 Å². The molecule has 3 aliphatic carbocycles. The summed E-state index contributed by atoms with van der Waals surface area (Å²) in [5.41, 5.74) is 3.06. The molecule has 2 unspecified atom stereocenters. The third-order valence-corrected chi connectivity index (χ3v) is 9.29. The van der Waals surface area contributed by atoms with Crippen LogP contribution in [0.2, 0.25) is 0 Å². The van der Waals surface area contributed by atoms with Crippen molar-refractivity contribution in [2.24, 2.45) is 29.6 Å². The Labute approximate surface area is 186 Å². The van der Waals surface area contributed by atoms with Crippen LogP contribution in [-0.4, -0.2) is 0 Å². The van der Waals surface area contributed by atoms with Crippen LogP contribution in [-0.2, 0) is 6.42 Å². The van der Waals surface area contributed by atoms with Crippen LogP contribution < -0.4 is 0 Å². The molecule has 4 rings (SSSR count). The van der Waals surface area contributed by atoms with E-state index in [0.717, 1.165) is 48.3 Å². The van der Waals surface area contributed by atoms with Crippen molar-refractivity contribution in [2.45, 2.75) is 109 Å². The summed E-state index contributed by atoms with van der Waals surface area (Å²) in [5, 5.41) is 0. The van der Waals surface area contributed by atoms with Crippen LogP contribution in [0.4, 0.5) is 0 Å². The van der Waals surface area contributed by atoms with E-state index in [2.05, 4.69) is 37.8 Å². The standard InChI is InChI=1S/C30H46/c1-3-5-7-23-8-11-25(12-9-23)26-14-16-27(17-15-26)28-18-20-29(21-19-28)30-13-10-24(22-30)6-4-2/h3,8-9,11-12,24,26-30H,1,4-7,10,13-22H2,2H3. The van der Waals surface area contributed by atoms with Crippen molar-refractivity contribution in [3.05, 3.63) is 48.0 Å². The van der Waals surface area contributed by atoms with Crippen molar-refractivity contribution in [2.75, 3.05) is 0 Å². The summed E-state index contributed by atoms with van der Waals surface area (Å²) >= 11 is 0. The number of rotatable bonds is 8. The molecule has 1 aromatic rings. The molecular formula is C30H46. The number of aryl methyl sites for hydroxylation is 1. The fourth-order valence-corrected chi connectivity index (χ4v) is 7.45. The Morgan fingerprint density at radius 3 is 1.93 bits per heavy atom. The Balaban J connectivity index is 1.19. The van der Waals surface area contributed by atoms with Crippen molar-refractivity contribution >= 4 is 0 Å². The molecule has 3 saturated carbocycles. The molecule has 0 N–H and O–H groups in total. The van der Waals surface area contributed by atoms with Crippen molar-refractivity contribution < 1.29 is 0 Å². The van der Waals surface area contributed by atoms with E-state index >= 15 is 0 Å². The lowest BCUT2D eigenvalue weighted by Gasteiger charge is -2.39. The lowest BCUT2D eigenvalue weighted by molar-refractivity contribution is 0.134. The maximum Gasteiger partial charge on any atom is -0.0162 e. The Morgan fingerprint density at radius 1 is 0.767 bits per heavy atom. The van der Waals surface area contributed by atoms with Crippen LogP contribution >= 0.6 is 0 Å². The summed E-state index contributed by atoms with van der Waals surface area (Å²) in [6, 6.07) is 9.56. The van der Waals surface area contributed by atoms with Crippen molar-refractivity contribution in [3.8, 4) is 0 Å². The fourth-order valence-electron chi connectivity index (χ4n) is 7.45. The zero-order valence-corrected chi connectivity index (χ0v) is 19.7. The van der Waals surface area contributed by atoms with Gasteiger partial charge >= 0.3 is 0 Å². The Hall–Kier alpha value is -1.04. The van der Waals surface area contributed by atoms with Gasteiger partial charge in [-0.3, -0.25) is 0 Å². The highest BCUT2D eigenvalue weighted by molar-refractivity contribution is 5.26. The predicted octanol–water partition coefficient (Wildman–Crippen LogP) is 9.10. The maximum absolute atomic E-state index is 3.85. The predicted molar refractivity (Wildman–Crippen MR) is 131 cm³/mol. The quantitative estimate of drug-likeness (QED) is 0.377. The van der Waals surface area contributed by atoms with E-state index < -0.39 is 0 Å².